The summed E-state index contributed by atoms with van der Waals surface area (Å²) in [5, 5.41) is 9.99. The number of aromatic nitrogens is 1. The predicted molar refractivity (Wildman–Crippen MR) is 68.7 cm³/mol. The van der Waals surface area contributed by atoms with Crippen LogP contribution >= 0.6 is 0 Å². The summed E-state index contributed by atoms with van der Waals surface area (Å²) in [4.78, 5) is 15.5. The summed E-state index contributed by atoms with van der Waals surface area (Å²) in [6, 6.07) is 4.01. The third kappa shape index (κ3) is 2.50. The first-order valence-electron chi connectivity index (χ1n) is 5.97. The topological polar surface area (TPSA) is 59.4 Å². The Bertz CT molecular complexity index is 640. The average Bonchev–Trinajstić information content (AvgIpc) is 2.38. The van der Waals surface area contributed by atoms with Gasteiger partial charge >= 0.3 is 5.97 Å². The van der Waals surface area contributed by atoms with Crippen LogP contribution in [0.15, 0.2) is 18.2 Å². The number of phenolic OH excluding ortho intramolecular Hbond substituents is 1. The number of halogens is 1. The molecule has 5 heteroatoms. The maximum atomic E-state index is 13.8. The molecule has 0 saturated heterocycles. The fraction of sp³-hybridized carbons (Fsp3) is 0.286. The van der Waals surface area contributed by atoms with Gasteiger partial charge in [-0.2, -0.15) is 0 Å². The zero-order valence-corrected chi connectivity index (χ0v) is 10.7. The van der Waals surface area contributed by atoms with Crippen LogP contribution in [-0.2, 0) is 11.2 Å². The predicted octanol–water partition coefficient (Wildman–Crippen LogP) is 2.82. The van der Waals surface area contributed by atoms with Gasteiger partial charge in [0.05, 0.1) is 7.11 Å². The molecule has 0 aliphatic rings. The molecule has 2 aromatic rings. The molecular weight excluding hydrogens is 249 g/mol. The number of hydrogen-bond acceptors (Lipinski definition) is 4. The Morgan fingerprint density at radius 3 is 2.79 bits per heavy atom. The molecule has 0 fully saturated rings. The molecule has 0 aliphatic heterocycles. The molecule has 2 rings (SSSR count). The number of benzene rings is 1. The van der Waals surface area contributed by atoms with E-state index in [1.165, 1.54) is 13.2 Å². The van der Waals surface area contributed by atoms with Crippen molar-refractivity contribution in [1.29, 1.82) is 0 Å². The average molecular weight is 263 g/mol. The minimum atomic E-state index is -0.655. The van der Waals surface area contributed by atoms with Crippen LogP contribution < -0.4 is 0 Å². The molecule has 100 valence electrons. The molecule has 1 aromatic carbocycles. The molecule has 19 heavy (non-hydrogen) atoms. The van der Waals surface area contributed by atoms with Crippen molar-refractivity contribution in [2.45, 2.75) is 19.8 Å². The van der Waals surface area contributed by atoms with Crippen molar-refractivity contribution < 1.29 is 19.0 Å². The number of nitrogens with zero attached hydrogens (tertiary/aromatic N) is 1. The van der Waals surface area contributed by atoms with Gasteiger partial charge < -0.3 is 9.84 Å². The van der Waals surface area contributed by atoms with E-state index in [0.29, 0.717) is 11.8 Å². The van der Waals surface area contributed by atoms with Gasteiger partial charge in [0.2, 0.25) is 0 Å². The van der Waals surface area contributed by atoms with E-state index < -0.39 is 11.8 Å². The molecular formula is C14H14FNO3. The molecule has 0 bridgehead atoms. The molecule has 0 amide bonds. The van der Waals surface area contributed by atoms with Crippen LogP contribution in [0.4, 0.5) is 4.39 Å². The van der Waals surface area contributed by atoms with Gasteiger partial charge in [-0.05, 0) is 24.1 Å². The van der Waals surface area contributed by atoms with E-state index >= 15 is 0 Å². The molecule has 4 nitrogen and oxygen atoms in total. The van der Waals surface area contributed by atoms with Crippen molar-refractivity contribution in [3.63, 3.8) is 0 Å². The number of carbonyl (C=O) groups is 1. The van der Waals surface area contributed by atoms with Gasteiger partial charge in [-0.3, -0.25) is 0 Å². The second kappa shape index (κ2) is 5.22. The first kappa shape index (κ1) is 13.3. The number of pyridine rings is 1. The van der Waals surface area contributed by atoms with E-state index in [0.717, 1.165) is 18.1 Å². The van der Waals surface area contributed by atoms with E-state index in [4.69, 9.17) is 0 Å². The molecule has 0 spiro atoms. The Morgan fingerprint density at radius 2 is 2.16 bits per heavy atom. The number of carbonyl (C=O) groups excluding carboxylic acids is 1. The zero-order valence-electron chi connectivity index (χ0n) is 10.7. The van der Waals surface area contributed by atoms with Crippen LogP contribution in [0.1, 0.15) is 29.4 Å². The van der Waals surface area contributed by atoms with Crippen LogP contribution in [0, 0.1) is 5.82 Å². The standard InChI is InChI=1S/C14H14FNO3/c1-3-4-8-5-12(14(18)19-2)16-13-10(8)6-9(17)7-11(13)15/h5-7,17H,3-4H2,1-2H3. The Hall–Kier alpha value is -2.17. The molecule has 0 atom stereocenters. The number of esters is 1. The van der Waals surface area contributed by atoms with Crippen molar-refractivity contribution >= 4 is 16.9 Å². The first-order valence-corrected chi connectivity index (χ1v) is 5.97. The second-order valence-corrected chi connectivity index (χ2v) is 4.23. The summed E-state index contributed by atoms with van der Waals surface area (Å²) >= 11 is 0. The normalized spacial score (nSPS) is 10.7. The highest BCUT2D eigenvalue weighted by molar-refractivity contribution is 5.93. The van der Waals surface area contributed by atoms with Crippen molar-refractivity contribution in [3.05, 3.63) is 35.3 Å². The second-order valence-electron chi connectivity index (χ2n) is 4.23. The number of aromatic hydroxyl groups is 1. The Balaban J connectivity index is 2.75. The highest BCUT2D eigenvalue weighted by atomic mass is 19.1. The summed E-state index contributed by atoms with van der Waals surface area (Å²) in [5.74, 6) is -1.42. The summed E-state index contributed by atoms with van der Waals surface area (Å²) < 4.78 is 18.4. The number of fused-ring (bicyclic) bond motifs is 1. The summed E-state index contributed by atoms with van der Waals surface area (Å²) in [6.45, 7) is 1.98. The maximum Gasteiger partial charge on any atom is 0.356 e. The lowest BCUT2D eigenvalue weighted by atomic mass is 10.0. The van der Waals surface area contributed by atoms with Gasteiger partial charge in [0, 0.05) is 11.5 Å². The Morgan fingerprint density at radius 1 is 1.42 bits per heavy atom. The van der Waals surface area contributed by atoms with Gasteiger partial charge in [0.1, 0.15) is 17.0 Å². The van der Waals surface area contributed by atoms with Gasteiger partial charge in [-0.1, -0.05) is 13.3 Å². The SMILES string of the molecule is CCCc1cc(C(=O)OC)nc2c(F)cc(O)cc12. The lowest BCUT2D eigenvalue weighted by molar-refractivity contribution is 0.0594. The number of methoxy groups -OCH3 is 1. The third-order valence-electron chi connectivity index (χ3n) is 2.85. The molecule has 0 unspecified atom stereocenters. The minimum absolute atomic E-state index is 0.0723. The lowest BCUT2D eigenvalue weighted by Crippen LogP contribution is -2.06. The quantitative estimate of drug-likeness (QED) is 0.865. The number of phenols is 1. The van der Waals surface area contributed by atoms with Crippen LogP contribution in [0.2, 0.25) is 0 Å². The van der Waals surface area contributed by atoms with Crippen LogP contribution in [-0.4, -0.2) is 23.2 Å². The molecule has 1 N–H and O–H groups in total. The molecule has 0 saturated carbocycles. The number of ether oxygens (including phenoxy) is 1. The van der Waals surface area contributed by atoms with Crippen molar-refractivity contribution in [2.24, 2.45) is 0 Å². The highest BCUT2D eigenvalue weighted by Gasteiger charge is 2.15. The molecule has 0 aliphatic carbocycles. The summed E-state index contributed by atoms with van der Waals surface area (Å²) in [7, 11) is 1.25. The van der Waals surface area contributed by atoms with Gasteiger partial charge in [0.15, 0.2) is 5.82 Å². The lowest BCUT2D eigenvalue weighted by Gasteiger charge is -2.09. The van der Waals surface area contributed by atoms with Crippen molar-refractivity contribution in [2.75, 3.05) is 7.11 Å². The van der Waals surface area contributed by atoms with E-state index in [1.54, 1.807) is 6.07 Å². The van der Waals surface area contributed by atoms with Crippen molar-refractivity contribution in [1.82, 2.24) is 4.98 Å². The third-order valence-corrected chi connectivity index (χ3v) is 2.85. The van der Waals surface area contributed by atoms with Crippen LogP contribution in [0.25, 0.3) is 10.9 Å². The van der Waals surface area contributed by atoms with E-state index in [2.05, 4.69) is 9.72 Å². The fourth-order valence-electron chi connectivity index (χ4n) is 2.02. The van der Waals surface area contributed by atoms with E-state index in [9.17, 15) is 14.3 Å². The largest absolute Gasteiger partial charge is 0.508 e. The monoisotopic (exact) mass is 263 g/mol. The summed E-state index contributed by atoms with van der Waals surface area (Å²) in [5.41, 5.74) is 0.912. The van der Waals surface area contributed by atoms with Gasteiger partial charge in [-0.15, -0.1) is 0 Å². The number of aryl methyl sites for hydroxylation is 1. The minimum Gasteiger partial charge on any atom is -0.508 e. The molecule has 1 heterocycles. The summed E-state index contributed by atoms with van der Waals surface area (Å²) in [6.07, 6.45) is 1.49. The first-order chi connectivity index (χ1) is 9.06. The zero-order chi connectivity index (χ0) is 14.0. The van der Waals surface area contributed by atoms with Crippen molar-refractivity contribution in [3.8, 4) is 5.75 Å². The van der Waals surface area contributed by atoms with Gasteiger partial charge in [-0.25, -0.2) is 14.2 Å². The Labute approximate surface area is 109 Å². The van der Waals surface area contributed by atoms with Crippen LogP contribution in [0.5, 0.6) is 5.75 Å². The molecule has 1 aromatic heterocycles. The smallest absolute Gasteiger partial charge is 0.356 e. The van der Waals surface area contributed by atoms with E-state index in [-0.39, 0.29) is 17.0 Å². The number of hydrogen-bond donors (Lipinski definition) is 1. The Kier molecular flexibility index (Phi) is 3.64. The fourth-order valence-corrected chi connectivity index (χ4v) is 2.02. The maximum absolute atomic E-state index is 13.8. The highest BCUT2D eigenvalue weighted by Crippen LogP contribution is 2.27. The molecule has 0 radical (unpaired) electrons. The van der Waals surface area contributed by atoms with E-state index in [1.807, 2.05) is 6.92 Å². The van der Waals surface area contributed by atoms with Crippen LogP contribution in [0.3, 0.4) is 0 Å². The number of rotatable bonds is 3. The van der Waals surface area contributed by atoms with Gasteiger partial charge in [0.25, 0.3) is 0 Å².